The lowest BCUT2D eigenvalue weighted by Crippen LogP contribution is -2.43. The summed E-state index contributed by atoms with van der Waals surface area (Å²) in [5.41, 5.74) is -0.353. The van der Waals surface area contributed by atoms with Crippen LogP contribution in [0.5, 0.6) is 11.5 Å². The van der Waals surface area contributed by atoms with E-state index in [4.69, 9.17) is 4.74 Å². The molecule has 2 aromatic carbocycles. The van der Waals surface area contributed by atoms with Crippen LogP contribution in [0.4, 0.5) is 5.69 Å². The molecule has 0 atom stereocenters. The van der Waals surface area contributed by atoms with E-state index in [0.29, 0.717) is 30.0 Å². The van der Waals surface area contributed by atoms with Gasteiger partial charge in [-0.25, -0.2) is 0 Å². The van der Waals surface area contributed by atoms with Crippen molar-refractivity contribution in [1.29, 1.82) is 0 Å². The van der Waals surface area contributed by atoms with Gasteiger partial charge in [-0.05, 0) is 49.9 Å². The summed E-state index contributed by atoms with van der Waals surface area (Å²) in [6, 6.07) is 16.9. The van der Waals surface area contributed by atoms with Crippen molar-refractivity contribution in [2.75, 3.05) is 5.32 Å². The molecule has 5 heteroatoms. The van der Waals surface area contributed by atoms with Crippen molar-refractivity contribution in [3.63, 3.8) is 0 Å². The van der Waals surface area contributed by atoms with Gasteiger partial charge in [0.2, 0.25) is 11.8 Å². The van der Waals surface area contributed by atoms with E-state index in [0.717, 1.165) is 25.7 Å². The van der Waals surface area contributed by atoms with Gasteiger partial charge in [-0.15, -0.1) is 0 Å². The Morgan fingerprint density at radius 1 is 0.889 bits per heavy atom. The second kappa shape index (κ2) is 7.43. The highest BCUT2D eigenvalue weighted by atomic mass is 16.5. The monoisotopic (exact) mass is 364 g/mol. The van der Waals surface area contributed by atoms with Gasteiger partial charge < -0.3 is 15.4 Å². The summed E-state index contributed by atoms with van der Waals surface area (Å²) >= 11 is 0. The molecule has 140 valence electrons. The summed E-state index contributed by atoms with van der Waals surface area (Å²) in [5, 5.41) is 5.99. The first-order valence-corrected chi connectivity index (χ1v) is 9.62. The summed E-state index contributed by atoms with van der Waals surface area (Å²) in [4.78, 5) is 25.6. The maximum absolute atomic E-state index is 12.9. The minimum atomic E-state index is -0.928. The predicted octanol–water partition coefficient (Wildman–Crippen LogP) is 4.26. The Bertz CT molecular complexity index is 824. The molecule has 0 heterocycles. The lowest BCUT2D eigenvalue weighted by Gasteiger charge is -2.19. The Morgan fingerprint density at radius 2 is 1.56 bits per heavy atom. The quantitative estimate of drug-likeness (QED) is 0.753. The number of ether oxygens (including phenoxy) is 1. The minimum absolute atomic E-state index is 0.131. The van der Waals surface area contributed by atoms with Gasteiger partial charge in [0.25, 0.3) is 0 Å². The van der Waals surface area contributed by atoms with Crippen LogP contribution in [-0.4, -0.2) is 17.9 Å². The van der Waals surface area contributed by atoms with Crippen molar-refractivity contribution in [1.82, 2.24) is 5.32 Å². The summed E-state index contributed by atoms with van der Waals surface area (Å²) < 4.78 is 5.90. The molecular formula is C22H24N2O3. The van der Waals surface area contributed by atoms with Crippen LogP contribution in [-0.2, 0) is 9.59 Å². The number of para-hydroxylation sites is 3. The molecule has 27 heavy (non-hydrogen) atoms. The average molecular weight is 364 g/mol. The Kier molecular flexibility index (Phi) is 4.84. The molecular weight excluding hydrogens is 340 g/mol. The van der Waals surface area contributed by atoms with Crippen LogP contribution in [0.3, 0.4) is 0 Å². The summed E-state index contributed by atoms with van der Waals surface area (Å²) in [6.45, 7) is 0. The lowest BCUT2D eigenvalue weighted by atomic mass is 10.0. The summed E-state index contributed by atoms with van der Waals surface area (Å²) in [6.07, 6.45) is 5.51. The van der Waals surface area contributed by atoms with Crippen molar-refractivity contribution in [3.8, 4) is 11.5 Å². The fourth-order valence-corrected chi connectivity index (χ4v) is 3.59. The number of benzene rings is 2. The lowest BCUT2D eigenvalue weighted by molar-refractivity contribution is -0.134. The van der Waals surface area contributed by atoms with Gasteiger partial charge in [-0.2, -0.15) is 0 Å². The van der Waals surface area contributed by atoms with Crippen molar-refractivity contribution >= 4 is 17.5 Å². The van der Waals surface area contributed by atoms with Crippen LogP contribution < -0.4 is 15.4 Å². The number of anilines is 1. The number of nitrogens with one attached hydrogen (secondary N) is 2. The van der Waals surface area contributed by atoms with Crippen molar-refractivity contribution in [2.45, 2.75) is 44.6 Å². The first-order valence-electron chi connectivity index (χ1n) is 9.62. The van der Waals surface area contributed by atoms with Gasteiger partial charge in [0.15, 0.2) is 5.75 Å². The van der Waals surface area contributed by atoms with Gasteiger partial charge >= 0.3 is 0 Å². The van der Waals surface area contributed by atoms with E-state index in [1.165, 1.54) is 0 Å². The van der Waals surface area contributed by atoms with Crippen LogP contribution in [0.25, 0.3) is 0 Å². The molecule has 2 aromatic rings. The van der Waals surface area contributed by atoms with Gasteiger partial charge in [-0.3, -0.25) is 9.59 Å². The van der Waals surface area contributed by atoms with Crippen molar-refractivity contribution in [2.24, 2.45) is 5.41 Å². The van der Waals surface area contributed by atoms with Crippen LogP contribution in [0, 0.1) is 5.41 Å². The molecule has 0 saturated heterocycles. The third-order valence-corrected chi connectivity index (χ3v) is 5.42. The smallest absolute Gasteiger partial charge is 0.240 e. The summed E-state index contributed by atoms with van der Waals surface area (Å²) in [5.74, 6) is 0.874. The van der Waals surface area contributed by atoms with Gasteiger partial charge in [0, 0.05) is 6.04 Å². The Labute approximate surface area is 159 Å². The molecule has 0 unspecified atom stereocenters. The number of carbonyl (C=O) groups is 2. The third kappa shape index (κ3) is 3.82. The molecule has 4 rings (SSSR count). The topological polar surface area (TPSA) is 67.4 Å². The molecule has 2 N–H and O–H groups in total. The SMILES string of the molecule is O=C(Nc1ccccc1Oc1ccccc1)C1(C(=O)NC2CCCC2)CC1. The highest BCUT2D eigenvalue weighted by molar-refractivity contribution is 6.13. The van der Waals surface area contributed by atoms with Crippen molar-refractivity contribution < 1.29 is 14.3 Å². The zero-order valence-corrected chi connectivity index (χ0v) is 15.2. The van der Waals surface area contributed by atoms with Crippen LogP contribution in [0.15, 0.2) is 54.6 Å². The highest BCUT2D eigenvalue weighted by Crippen LogP contribution is 2.47. The highest BCUT2D eigenvalue weighted by Gasteiger charge is 2.57. The second-order valence-corrected chi connectivity index (χ2v) is 7.40. The molecule has 0 spiro atoms. The van der Waals surface area contributed by atoms with Crippen LogP contribution in [0.2, 0.25) is 0 Å². The van der Waals surface area contributed by atoms with Gasteiger partial charge in [0.1, 0.15) is 11.2 Å². The average Bonchev–Trinajstić information content (AvgIpc) is 3.36. The predicted molar refractivity (Wildman–Crippen MR) is 104 cm³/mol. The maximum atomic E-state index is 12.9. The molecule has 0 aliphatic heterocycles. The minimum Gasteiger partial charge on any atom is -0.455 e. The van der Waals surface area contributed by atoms with Crippen LogP contribution in [0.1, 0.15) is 38.5 Å². The molecule has 0 radical (unpaired) electrons. The number of rotatable bonds is 6. The largest absolute Gasteiger partial charge is 0.455 e. The standard InChI is InChI=1S/C22H24N2O3/c25-20(23-16-8-4-5-9-16)22(14-15-22)21(26)24-18-12-6-7-13-19(18)27-17-10-2-1-3-11-17/h1-3,6-7,10-13,16H,4-5,8-9,14-15H2,(H,23,25)(H,24,26). The van der Waals surface area contributed by atoms with Crippen molar-refractivity contribution in [3.05, 3.63) is 54.6 Å². The van der Waals surface area contributed by atoms with E-state index in [-0.39, 0.29) is 17.9 Å². The van der Waals surface area contributed by atoms with E-state index in [2.05, 4.69) is 10.6 Å². The zero-order valence-electron chi connectivity index (χ0n) is 15.2. The van der Waals surface area contributed by atoms with E-state index < -0.39 is 5.41 Å². The fraction of sp³-hybridized carbons (Fsp3) is 0.364. The fourth-order valence-electron chi connectivity index (χ4n) is 3.59. The maximum Gasteiger partial charge on any atom is 0.240 e. The number of carbonyl (C=O) groups excluding carboxylic acids is 2. The van der Waals surface area contributed by atoms with E-state index >= 15 is 0 Å². The third-order valence-electron chi connectivity index (χ3n) is 5.42. The first-order chi connectivity index (χ1) is 13.2. The Morgan fingerprint density at radius 3 is 2.26 bits per heavy atom. The second-order valence-electron chi connectivity index (χ2n) is 7.40. The zero-order chi connectivity index (χ0) is 18.7. The Balaban J connectivity index is 1.46. The number of amides is 2. The molecule has 0 aromatic heterocycles. The normalized spacial score (nSPS) is 17.9. The Hall–Kier alpha value is -2.82. The first kappa shape index (κ1) is 17.6. The van der Waals surface area contributed by atoms with E-state index in [1.54, 1.807) is 12.1 Å². The molecule has 2 aliphatic carbocycles. The molecule has 2 saturated carbocycles. The molecule has 5 nitrogen and oxygen atoms in total. The van der Waals surface area contributed by atoms with E-state index in [9.17, 15) is 9.59 Å². The summed E-state index contributed by atoms with van der Waals surface area (Å²) in [7, 11) is 0. The molecule has 2 fully saturated rings. The van der Waals surface area contributed by atoms with Gasteiger partial charge in [-0.1, -0.05) is 43.2 Å². The molecule has 2 aliphatic rings. The number of hydrogen-bond acceptors (Lipinski definition) is 3. The van der Waals surface area contributed by atoms with Crippen LogP contribution >= 0.6 is 0 Å². The molecule has 0 bridgehead atoms. The molecule has 2 amide bonds. The van der Waals surface area contributed by atoms with Gasteiger partial charge in [0.05, 0.1) is 5.69 Å². The van der Waals surface area contributed by atoms with E-state index in [1.807, 2.05) is 42.5 Å². The number of hydrogen-bond donors (Lipinski definition) is 2.